The third kappa shape index (κ3) is 3.86. The van der Waals surface area contributed by atoms with E-state index in [2.05, 4.69) is 29.6 Å². The lowest BCUT2D eigenvalue weighted by Crippen LogP contribution is -2.51. The number of hydrogen-bond donors (Lipinski definition) is 1. The van der Waals surface area contributed by atoms with Gasteiger partial charge in [-0.1, -0.05) is 42.0 Å². The van der Waals surface area contributed by atoms with E-state index in [0.717, 1.165) is 24.8 Å². The van der Waals surface area contributed by atoms with Crippen molar-refractivity contribution in [3.05, 3.63) is 65.2 Å². The van der Waals surface area contributed by atoms with Gasteiger partial charge in [-0.2, -0.15) is 0 Å². The van der Waals surface area contributed by atoms with E-state index in [9.17, 15) is 13.2 Å². The van der Waals surface area contributed by atoms with Crippen molar-refractivity contribution >= 4 is 15.7 Å². The van der Waals surface area contributed by atoms with Crippen molar-refractivity contribution < 1.29 is 13.2 Å². The molecule has 4 nitrogen and oxygen atoms in total. The lowest BCUT2D eigenvalue weighted by molar-refractivity contribution is -0.124. The molecule has 3 unspecified atom stereocenters. The van der Waals surface area contributed by atoms with Gasteiger partial charge in [-0.25, -0.2) is 8.42 Å². The minimum atomic E-state index is -3.27. The van der Waals surface area contributed by atoms with Crippen LogP contribution in [0.25, 0.3) is 0 Å². The number of benzene rings is 2. The van der Waals surface area contributed by atoms with Gasteiger partial charge in [0.1, 0.15) is 0 Å². The highest BCUT2D eigenvalue weighted by atomic mass is 32.2. The number of amides is 1. The average Bonchev–Trinajstić information content (AvgIpc) is 2.68. The molecule has 28 heavy (non-hydrogen) atoms. The van der Waals surface area contributed by atoms with Crippen molar-refractivity contribution in [3.8, 4) is 0 Å². The van der Waals surface area contributed by atoms with E-state index in [4.69, 9.17) is 0 Å². The van der Waals surface area contributed by atoms with Crippen LogP contribution in [0, 0.1) is 12.8 Å². The molecule has 2 aromatic rings. The summed E-state index contributed by atoms with van der Waals surface area (Å²) >= 11 is 0. The van der Waals surface area contributed by atoms with Crippen LogP contribution in [0.2, 0.25) is 0 Å². The third-order valence-corrected chi connectivity index (χ3v) is 8.07. The fraction of sp³-hybridized carbons (Fsp3) is 0.435. The minimum absolute atomic E-state index is 0.123. The Morgan fingerprint density at radius 1 is 1.07 bits per heavy atom. The van der Waals surface area contributed by atoms with E-state index >= 15 is 0 Å². The highest BCUT2D eigenvalue weighted by Gasteiger charge is 2.39. The van der Waals surface area contributed by atoms with Crippen molar-refractivity contribution in [2.45, 2.75) is 55.9 Å². The molecule has 0 aromatic heterocycles. The zero-order chi connectivity index (χ0) is 19.7. The molecule has 148 valence electrons. The molecule has 5 heteroatoms. The highest BCUT2D eigenvalue weighted by Crippen LogP contribution is 2.41. The minimum Gasteiger partial charge on any atom is -0.352 e. The average molecular weight is 398 g/mol. The van der Waals surface area contributed by atoms with E-state index in [1.807, 2.05) is 19.1 Å². The molecule has 0 saturated carbocycles. The summed E-state index contributed by atoms with van der Waals surface area (Å²) in [5.41, 5.74) is 3.77. The van der Waals surface area contributed by atoms with Crippen LogP contribution in [0.3, 0.4) is 0 Å². The molecule has 3 atom stereocenters. The summed E-state index contributed by atoms with van der Waals surface area (Å²) in [5.74, 6) is 0.913. The highest BCUT2D eigenvalue weighted by molar-refractivity contribution is 7.91. The summed E-state index contributed by atoms with van der Waals surface area (Å²) in [7, 11) is -3.27. The standard InChI is InChI=1S/C23H27NO3S/c1-16-8-10-19(11-9-16)28(26,27)14-4-6-18-15-17-5-2-3-7-20(17)21-12-13-22(25)24-23(18)21/h2-3,5,7-11,18,21,23H,4,6,12-15H2,1H3,(H,24,25). The second kappa shape index (κ2) is 7.70. The molecule has 4 rings (SSSR count). The number of hydrogen-bond acceptors (Lipinski definition) is 3. The first-order valence-electron chi connectivity index (χ1n) is 10.1. The number of aryl methyl sites for hydroxylation is 1. The van der Waals surface area contributed by atoms with Crippen LogP contribution < -0.4 is 5.32 Å². The Kier molecular flexibility index (Phi) is 5.28. The fourth-order valence-corrected chi connectivity index (χ4v) is 6.13. The van der Waals surface area contributed by atoms with Gasteiger partial charge in [-0.05, 0) is 61.8 Å². The molecular weight excluding hydrogens is 370 g/mol. The van der Waals surface area contributed by atoms with Crippen LogP contribution in [-0.4, -0.2) is 26.1 Å². The number of piperidine rings is 1. The maximum atomic E-state index is 12.6. The second-order valence-corrected chi connectivity index (χ2v) is 10.3. The lowest BCUT2D eigenvalue weighted by atomic mass is 9.68. The van der Waals surface area contributed by atoms with Crippen LogP contribution in [0.4, 0.5) is 0 Å². The smallest absolute Gasteiger partial charge is 0.220 e. The summed E-state index contributed by atoms with van der Waals surface area (Å²) in [6.45, 7) is 1.95. The molecule has 1 saturated heterocycles. The van der Waals surface area contributed by atoms with E-state index in [1.54, 1.807) is 12.1 Å². The van der Waals surface area contributed by atoms with Gasteiger partial charge in [0, 0.05) is 18.4 Å². The first kappa shape index (κ1) is 19.2. The number of nitrogens with one attached hydrogen (secondary N) is 1. The number of carbonyl (C=O) groups is 1. The van der Waals surface area contributed by atoms with Crippen LogP contribution in [-0.2, 0) is 21.1 Å². The van der Waals surface area contributed by atoms with Crippen molar-refractivity contribution in [2.75, 3.05) is 5.75 Å². The maximum absolute atomic E-state index is 12.6. The topological polar surface area (TPSA) is 63.2 Å². The van der Waals surface area contributed by atoms with Gasteiger partial charge in [0.25, 0.3) is 0 Å². The molecule has 0 bridgehead atoms. The quantitative estimate of drug-likeness (QED) is 0.835. The van der Waals surface area contributed by atoms with Gasteiger partial charge in [0.05, 0.1) is 10.6 Å². The first-order valence-corrected chi connectivity index (χ1v) is 11.8. The van der Waals surface area contributed by atoms with Gasteiger partial charge in [-0.3, -0.25) is 4.79 Å². The predicted molar refractivity (Wildman–Crippen MR) is 110 cm³/mol. The van der Waals surface area contributed by atoms with E-state index < -0.39 is 9.84 Å². The Bertz CT molecular complexity index is 966. The molecule has 2 aliphatic rings. The van der Waals surface area contributed by atoms with Gasteiger partial charge in [-0.15, -0.1) is 0 Å². The molecule has 1 fully saturated rings. The molecule has 0 spiro atoms. The number of fused-ring (bicyclic) bond motifs is 3. The van der Waals surface area contributed by atoms with Gasteiger partial charge < -0.3 is 5.32 Å². The fourth-order valence-electron chi connectivity index (χ4n) is 4.79. The predicted octanol–water partition coefficient (Wildman–Crippen LogP) is 3.78. The molecular formula is C23H27NO3S. The largest absolute Gasteiger partial charge is 0.352 e. The van der Waals surface area contributed by atoms with Crippen molar-refractivity contribution in [1.82, 2.24) is 5.32 Å². The SMILES string of the molecule is Cc1ccc(S(=O)(=O)CCCC2Cc3ccccc3C3CCC(=O)NC23)cc1. The molecule has 1 N–H and O–H groups in total. The van der Waals surface area contributed by atoms with Gasteiger partial charge in [0.2, 0.25) is 5.91 Å². The lowest BCUT2D eigenvalue weighted by Gasteiger charge is -2.43. The van der Waals surface area contributed by atoms with Crippen molar-refractivity contribution in [3.63, 3.8) is 0 Å². The zero-order valence-electron chi connectivity index (χ0n) is 16.2. The first-order chi connectivity index (χ1) is 13.4. The second-order valence-electron chi connectivity index (χ2n) is 8.18. The Morgan fingerprint density at radius 3 is 2.61 bits per heavy atom. The van der Waals surface area contributed by atoms with E-state index in [0.29, 0.717) is 23.7 Å². The Labute approximate surface area is 167 Å². The Hall–Kier alpha value is -2.14. The Morgan fingerprint density at radius 2 is 1.82 bits per heavy atom. The zero-order valence-corrected chi connectivity index (χ0v) is 17.0. The van der Waals surface area contributed by atoms with Crippen LogP contribution in [0.15, 0.2) is 53.4 Å². The van der Waals surface area contributed by atoms with Crippen molar-refractivity contribution in [2.24, 2.45) is 5.92 Å². The van der Waals surface area contributed by atoms with Crippen LogP contribution in [0.1, 0.15) is 48.3 Å². The van der Waals surface area contributed by atoms with E-state index in [-0.39, 0.29) is 23.6 Å². The van der Waals surface area contributed by atoms with Crippen LogP contribution >= 0.6 is 0 Å². The summed E-state index contributed by atoms with van der Waals surface area (Å²) in [4.78, 5) is 12.4. The number of carbonyl (C=O) groups excluding carboxylic acids is 1. The molecule has 1 aliphatic carbocycles. The maximum Gasteiger partial charge on any atom is 0.220 e. The molecule has 1 aliphatic heterocycles. The van der Waals surface area contributed by atoms with Gasteiger partial charge in [0.15, 0.2) is 9.84 Å². The summed E-state index contributed by atoms with van der Waals surface area (Å²) in [5, 5.41) is 3.21. The van der Waals surface area contributed by atoms with E-state index in [1.165, 1.54) is 11.1 Å². The molecule has 1 heterocycles. The monoisotopic (exact) mass is 397 g/mol. The summed E-state index contributed by atoms with van der Waals surface area (Å²) < 4.78 is 25.3. The summed E-state index contributed by atoms with van der Waals surface area (Å²) in [6, 6.07) is 15.7. The third-order valence-electron chi connectivity index (χ3n) is 6.26. The molecule has 0 radical (unpaired) electrons. The summed E-state index contributed by atoms with van der Waals surface area (Å²) in [6.07, 6.45) is 3.78. The molecule has 2 aromatic carbocycles. The molecule has 1 amide bonds. The number of rotatable bonds is 5. The Balaban J connectivity index is 1.46. The van der Waals surface area contributed by atoms with Gasteiger partial charge >= 0.3 is 0 Å². The van der Waals surface area contributed by atoms with Crippen molar-refractivity contribution in [1.29, 1.82) is 0 Å². The van der Waals surface area contributed by atoms with Crippen LogP contribution in [0.5, 0.6) is 0 Å². The number of sulfone groups is 1. The normalized spacial score (nSPS) is 24.2.